The highest BCUT2D eigenvalue weighted by atomic mass is 16.1. The molecule has 0 fully saturated rings. The van der Waals surface area contributed by atoms with Crippen LogP contribution < -0.4 is 5.73 Å². The predicted molar refractivity (Wildman–Crippen MR) is 115 cm³/mol. The molecule has 1 rings (SSSR count). The van der Waals surface area contributed by atoms with Gasteiger partial charge in [-0.3, -0.25) is 9.59 Å². The Balaban J connectivity index is 1.92. The lowest BCUT2D eigenvalue weighted by molar-refractivity contribution is -0.124. The van der Waals surface area contributed by atoms with Crippen LogP contribution in [0.15, 0.2) is 11.1 Å². The molecule has 156 valence electrons. The number of primary amides is 1. The van der Waals surface area contributed by atoms with E-state index in [9.17, 15) is 9.59 Å². The molecule has 0 aromatic carbocycles. The molecule has 0 unspecified atom stereocenters. The lowest BCUT2D eigenvalue weighted by atomic mass is 9.73. The van der Waals surface area contributed by atoms with E-state index in [4.69, 9.17) is 5.73 Å². The third kappa shape index (κ3) is 10.1. The summed E-state index contributed by atoms with van der Waals surface area (Å²) in [6, 6.07) is 0. The summed E-state index contributed by atoms with van der Waals surface area (Å²) in [4.78, 5) is 23.0. The highest BCUT2D eigenvalue weighted by Gasteiger charge is 2.33. The van der Waals surface area contributed by atoms with Gasteiger partial charge in [-0.05, 0) is 44.6 Å². The average molecular weight is 378 g/mol. The van der Waals surface area contributed by atoms with Crippen LogP contribution in [0.25, 0.3) is 0 Å². The van der Waals surface area contributed by atoms with Gasteiger partial charge in [0.25, 0.3) is 0 Å². The summed E-state index contributed by atoms with van der Waals surface area (Å²) >= 11 is 0. The largest absolute Gasteiger partial charge is 0.370 e. The van der Waals surface area contributed by atoms with Gasteiger partial charge in [-0.1, -0.05) is 83.6 Å². The third-order valence-electron chi connectivity index (χ3n) is 6.19. The van der Waals surface area contributed by atoms with Crippen LogP contribution in [0.3, 0.4) is 0 Å². The Hall–Kier alpha value is -1.12. The Morgan fingerprint density at radius 2 is 1.30 bits per heavy atom. The molecule has 0 atom stereocenters. The van der Waals surface area contributed by atoms with Gasteiger partial charge in [-0.15, -0.1) is 0 Å². The lowest BCUT2D eigenvalue weighted by Crippen LogP contribution is -2.29. The molecule has 0 aliphatic heterocycles. The van der Waals surface area contributed by atoms with Crippen LogP contribution in [0.2, 0.25) is 0 Å². The molecule has 0 saturated heterocycles. The molecule has 0 spiro atoms. The molecule has 1 aliphatic rings. The van der Waals surface area contributed by atoms with Gasteiger partial charge in [0.15, 0.2) is 5.78 Å². The Labute approximate surface area is 167 Å². The van der Waals surface area contributed by atoms with E-state index in [-0.39, 0.29) is 11.3 Å². The summed E-state index contributed by atoms with van der Waals surface area (Å²) in [5.74, 6) is 0.203. The second-order valence-corrected chi connectivity index (χ2v) is 9.15. The summed E-state index contributed by atoms with van der Waals surface area (Å²) in [7, 11) is 0. The summed E-state index contributed by atoms with van der Waals surface area (Å²) in [5.41, 5.74) is 7.48. The summed E-state index contributed by atoms with van der Waals surface area (Å²) in [6.07, 6.45) is 19.1. The van der Waals surface area contributed by atoms with E-state index in [2.05, 4.69) is 13.8 Å². The molecular weight excluding hydrogens is 334 g/mol. The highest BCUT2D eigenvalue weighted by Crippen LogP contribution is 2.37. The van der Waals surface area contributed by atoms with E-state index in [0.29, 0.717) is 12.2 Å². The van der Waals surface area contributed by atoms with Gasteiger partial charge in [-0.25, -0.2) is 0 Å². The van der Waals surface area contributed by atoms with E-state index in [0.717, 1.165) is 37.7 Å². The van der Waals surface area contributed by atoms with E-state index < -0.39 is 0 Å². The molecule has 1 amide bonds. The van der Waals surface area contributed by atoms with Gasteiger partial charge in [-0.2, -0.15) is 0 Å². The minimum atomic E-state index is -0.168. The van der Waals surface area contributed by atoms with Gasteiger partial charge < -0.3 is 5.73 Å². The van der Waals surface area contributed by atoms with Crippen molar-refractivity contribution < 1.29 is 9.59 Å². The van der Waals surface area contributed by atoms with Crippen LogP contribution in [0.5, 0.6) is 0 Å². The van der Waals surface area contributed by atoms with Gasteiger partial charge in [0, 0.05) is 11.8 Å². The molecule has 2 N–H and O–H groups in total. The summed E-state index contributed by atoms with van der Waals surface area (Å²) in [6.45, 7) is 6.20. The second-order valence-electron chi connectivity index (χ2n) is 9.15. The van der Waals surface area contributed by atoms with Crippen molar-refractivity contribution in [1.29, 1.82) is 0 Å². The highest BCUT2D eigenvalue weighted by molar-refractivity contribution is 6.00. The number of carbonyl (C=O) groups excluding carboxylic acids is 2. The predicted octanol–water partition coefficient (Wildman–Crippen LogP) is 6.64. The van der Waals surface area contributed by atoms with Crippen molar-refractivity contribution in [1.82, 2.24) is 0 Å². The van der Waals surface area contributed by atoms with Gasteiger partial charge in [0.2, 0.25) is 5.91 Å². The normalized spacial score (nSPS) is 16.8. The fourth-order valence-corrected chi connectivity index (χ4v) is 4.15. The zero-order valence-electron chi connectivity index (χ0n) is 18.2. The smallest absolute Gasteiger partial charge is 0.217 e. The van der Waals surface area contributed by atoms with Crippen LogP contribution in [-0.2, 0) is 9.59 Å². The number of unbranched alkanes of at least 4 members (excludes halogenated alkanes) is 11. The van der Waals surface area contributed by atoms with Crippen molar-refractivity contribution in [3.63, 3.8) is 0 Å². The number of hydrogen-bond acceptors (Lipinski definition) is 2. The standard InChI is InChI=1S/C24H43NO2/c1-20-21(18-19-24(2,3)23(20)27)16-14-12-10-8-6-4-5-7-9-11-13-15-17-22(25)26/h4-19H2,1-3H3,(H2,25,26). The van der Waals surface area contributed by atoms with Crippen molar-refractivity contribution >= 4 is 11.7 Å². The Morgan fingerprint density at radius 3 is 1.78 bits per heavy atom. The second kappa shape index (κ2) is 13.1. The molecule has 0 heterocycles. The molecule has 1 aliphatic carbocycles. The maximum Gasteiger partial charge on any atom is 0.217 e. The molecule has 0 saturated carbocycles. The fourth-order valence-electron chi connectivity index (χ4n) is 4.15. The van der Waals surface area contributed by atoms with E-state index in [1.807, 2.05) is 6.92 Å². The molecular formula is C24H43NO2. The van der Waals surface area contributed by atoms with E-state index in [1.54, 1.807) is 0 Å². The maximum atomic E-state index is 12.3. The number of ketones is 1. The summed E-state index contributed by atoms with van der Waals surface area (Å²) in [5, 5.41) is 0. The van der Waals surface area contributed by atoms with Crippen molar-refractivity contribution in [3.8, 4) is 0 Å². The van der Waals surface area contributed by atoms with Crippen molar-refractivity contribution in [2.45, 2.75) is 124 Å². The zero-order chi connectivity index (χ0) is 20.1. The van der Waals surface area contributed by atoms with Gasteiger partial charge in [0.1, 0.15) is 0 Å². The first-order chi connectivity index (χ1) is 12.8. The van der Waals surface area contributed by atoms with Crippen LogP contribution in [-0.4, -0.2) is 11.7 Å². The summed E-state index contributed by atoms with van der Waals surface area (Å²) < 4.78 is 0. The van der Waals surface area contributed by atoms with Crippen molar-refractivity contribution in [2.24, 2.45) is 11.1 Å². The van der Waals surface area contributed by atoms with E-state index in [1.165, 1.54) is 69.8 Å². The molecule has 3 nitrogen and oxygen atoms in total. The number of allylic oxidation sites excluding steroid dienone is 2. The topological polar surface area (TPSA) is 60.2 Å². The molecule has 0 aromatic heterocycles. The molecule has 0 aromatic rings. The number of rotatable bonds is 15. The monoisotopic (exact) mass is 377 g/mol. The number of hydrogen-bond donors (Lipinski definition) is 1. The van der Waals surface area contributed by atoms with Crippen LogP contribution in [0.4, 0.5) is 0 Å². The number of Topliss-reactive ketones (excluding diaryl/α,β-unsaturated/α-hetero) is 1. The SMILES string of the molecule is CC1=C(CCCCCCCCCCCCCCC(N)=O)CCC(C)(C)C1=O. The van der Waals surface area contributed by atoms with Crippen molar-refractivity contribution in [3.05, 3.63) is 11.1 Å². The zero-order valence-corrected chi connectivity index (χ0v) is 18.2. The maximum absolute atomic E-state index is 12.3. The van der Waals surface area contributed by atoms with Crippen LogP contribution in [0, 0.1) is 5.41 Å². The lowest BCUT2D eigenvalue weighted by Gasteiger charge is -2.30. The first-order valence-electron chi connectivity index (χ1n) is 11.4. The number of amides is 1. The number of nitrogens with two attached hydrogens (primary N) is 1. The molecule has 3 heteroatoms. The van der Waals surface area contributed by atoms with Gasteiger partial charge >= 0.3 is 0 Å². The fraction of sp³-hybridized carbons (Fsp3) is 0.833. The van der Waals surface area contributed by atoms with Crippen LogP contribution >= 0.6 is 0 Å². The van der Waals surface area contributed by atoms with Crippen LogP contribution in [0.1, 0.15) is 124 Å². The molecule has 0 bridgehead atoms. The Kier molecular flexibility index (Phi) is 11.6. The van der Waals surface area contributed by atoms with Crippen molar-refractivity contribution in [2.75, 3.05) is 0 Å². The van der Waals surface area contributed by atoms with E-state index >= 15 is 0 Å². The number of carbonyl (C=O) groups is 2. The minimum absolute atomic E-state index is 0.142. The average Bonchev–Trinajstić information content (AvgIpc) is 2.61. The Bertz CT molecular complexity index is 491. The molecule has 0 radical (unpaired) electrons. The third-order valence-corrected chi connectivity index (χ3v) is 6.19. The Morgan fingerprint density at radius 1 is 0.852 bits per heavy atom. The first kappa shape index (κ1) is 23.9. The minimum Gasteiger partial charge on any atom is -0.370 e. The molecule has 27 heavy (non-hydrogen) atoms. The quantitative estimate of drug-likeness (QED) is 0.325. The first-order valence-corrected chi connectivity index (χ1v) is 11.4. The van der Waals surface area contributed by atoms with Gasteiger partial charge in [0.05, 0.1) is 0 Å².